The van der Waals surface area contributed by atoms with Crippen molar-refractivity contribution in [2.45, 2.75) is 19.9 Å². The van der Waals surface area contributed by atoms with Crippen LogP contribution >= 0.6 is 11.3 Å². The van der Waals surface area contributed by atoms with E-state index in [1.165, 1.54) is 29.2 Å². The van der Waals surface area contributed by atoms with E-state index >= 15 is 0 Å². The first kappa shape index (κ1) is 22.5. The van der Waals surface area contributed by atoms with E-state index < -0.39 is 6.04 Å². The van der Waals surface area contributed by atoms with Crippen molar-refractivity contribution in [2.24, 2.45) is 0 Å². The van der Waals surface area contributed by atoms with Gasteiger partial charge in [0.1, 0.15) is 10.9 Å². The van der Waals surface area contributed by atoms with Crippen LogP contribution in [-0.4, -0.2) is 21.4 Å². The molecule has 0 radical (unpaired) electrons. The highest BCUT2D eigenvalue weighted by molar-refractivity contribution is 7.17. The molecule has 2 amide bonds. The molecule has 0 spiro atoms. The molecule has 0 bridgehead atoms. The smallest absolute Gasteiger partial charge is 0.263 e. The van der Waals surface area contributed by atoms with Crippen molar-refractivity contribution in [3.05, 3.63) is 88.8 Å². The lowest BCUT2D eigenvalue weighted by Crippen LogP contribution is -2.31. The van der Waals surface area contributed by atoms with Crippen LogP contribution in [0.25, 0.3) is 32.1 Å². The van der Waals surface area contributed by atoms with Crippen LogP contribution in [0.15, 0.2) is 83.2 Å². The van der Waals surface area contributed by atoms with Crippen molar-refractivity contribution in [3.8, 4) is 11.1 Å². The number of nitrogens with zero attached hydrogens (tertiary/aromatic N) is 2. The summed E-state index contributed by atoms with van der Waals surface area (Å²) in [5.41, 5.74) is 2.67. The van der Waals surface area contributed by atoms with Gasteiger partial charge in [-0.05, 0) is 53.6 Å². The van der Waals surface area contributed by atoms with Gasteiger partial charge in [-0.25, -0.2) is 4.98 Å². The summed E-state index contributed by atoms with van der Waals surface area (Å²) in [5.74, 6) is -0.517. The molecular formula is C27H22N4O3S. The van der Waals surface area contributed by atoms with Crippen LogP contribution in [0, 0.1) is 0 Å². The first-order chi connectivity index (χ1) is 16.9. The van der Waals surface area contributed by atoms with Crippen LogP contribution in [0.3, 0.4) is 0 Å². The van der Waals surface area contributed by atoms with Crippen molar-refractivity contribution in [3.63, 3.8) is 0 Å². The molecule has 7 nitrogen and oxygen atoms in total. The first-order valence-corrected chi connectivity index (χ1v) is 11.9. The number of rotatable bonds is 5. The summed E-state index contributed by atoms with van der Waals surface area (Å²) in [6.45, 7) is 3.09. The van der Waals surface area contributed by atoms with Gasteiger partial charge in [-0.3, -0.25) is 19.0 Å². The Hall–Kier alpha value is -4.30. The van der Waals surface area contributed by atoms with E-state index in [1.807, 2.05) is 41.8 Å². The summed E-state index contributed by atoms with van der Waals surface area (Å²) in [4.78, 5) is 42.7. The Morgan fingerprint density at radius 3 is 2.34 bits per heavy atom. The summed E-state index contributed by atoms with van der Waals surface area (Å²) in [5, 5.41) is 10.2. The van der Waals surface area contributed by atoms with Gasteiger partial charge in [-0.15, -0.1) is 11.3 Å². The number of thiophene rings is 1. The molecule has 8 heteroatoms. The Morgan fingerprint density at radius 2 is 1.63 bits per heavy atom. The lowest BCUT2D eigenvalue weighted by molar-refractivity contribution is -0.119. The zero-order chi connectivity index (χ0) is 24.5. The van der Waals surface area contributed by atoms with E-state index in [0.29, 0.717) is 21.6 Å². The Balaban J connectivity index is 1.45. The molecule has 3 aromatic carbocycles. The number of benzene rings is 3. The fraction of sp³-hybridized carbons (Fsp3) is 0.111. The second-order valence-corrected chi connectivity index (χ2v) is 9.13. The molecule has 1 unspecified atom stereocenters. The van der Waals surface area contributed by atoms with E-state index in [9.17, 15) is 14.4 Å². The van der Waals surface area contributed by atoms with Crippen LogP contribution in [0.5, 0.6) is 0 Å². The van der Waals surface area contributed by atoms with Gasteiger partial charge in [0.2, 0.25) is 11.8 Å². The van der Waals surface area contributed by atoms with Gasteiger partial charge in [0.05, 0.1) is 11.7 Å². The van der Waals surface area contributed by atoms with Gasteiger partial charge in [-0.1, -0.05) is 36.4 Å². The first-order valence-electron chi connectivity index (χ1n) is 11.1. The molecule has 0 aliphatic rings. The van der Waals surface area contributed by atoms with E-state index in [4.69, 9.17) is 0 Å². The maximum Gasteiger partial charge on any atom is 0.263 e. The summed E-state index contributed by atoms with van der Waals surface area (Å²) >= 11 is 1.41. The summed E-state index contributed by atoms with van der Waals surface area (Å²) < 4.78 is 1.36. The summed E-state index contributed by atoms with van der Waals surface area (Å²) in [6.07, 6.45) is 1.43. The molecular weight excluding hydrogens is 460 g/mol. The normalized spacial score (nSPS) is 11.9. The van der Waals surface area contributed by atoms with Crippen molar-refractivity contribution in [2.75, 3.05) is 10.6 Å². The average Bonchev–Trinajstić information content (AvgIpc) is 3.29. The molecule has 0 saturated heterocycles. The number of nitrogens with one attached hydrogen (secondary N) is 2. The monoisotopic (exact) mass is 482 g/mol. The Kier molecular flexibility index (Phi) is 5.88. The van der Waals surface area contributed by atoms with E-state index in [1.54, 1.807) is 31.2 Å². The van der Waals surface area contributed by atoms with Gasteiger partial charge in [0.15, 0.2) is 0 Å². The molecule has 5 aromatic rings. The highest BCUT2D eigenvalue weighted by atomic mass is 32.1. The van der Waals surface area contributed by atoms with Crippen LogP contribution in [0.2, 0.25) is 0 Å². The third kappa shape index (κ3) is 4.43. The van der Waals surface area contributed by atoms with Crippen LogP contribution < -0.4 is 16.2 Å². The Bertz CT molecular complexity index is 1640. The third-order valence-electron chi connectivity index (χ3n) is 5.85. The van der Waals surface area contributed by atoms with Crippen molar-refractivity contribution in [1.29, 1.82) is 0 Å². The zero-order valence-corrected chi connectivity index (χ0v) is 19.9. The molecule has 5 rings (SSSR count). The van der Waals surface area contributed by atoms with Gasteiger partial charge in [-0.2, -0.15) is 0 Å². The lowest BCUT2D eigenvalue weighted by atomic mass is 10.0. The molecule has 2 aromatic heterocycles. The maximum absolute atomic E-state index is 13.5. The summed E-state index contributed by atoms with van der Waals surface area (Å²) in [7, 11) is 0. The molecule has 1 atom stereocenters. The molecule has 35 heavy (non-hydrogen) atoms. The highest BCUT2D eigenvalue weighted by Crippen LogP contribution is 2.32. The fourth-order valence-corrected chi connectivity index (χ4v) is 4.91. The number of carbonyl (C=O) groups is 2. The minimum atomic E-state index is -0.779. The van der Waals surface area contributed by atoms with Gasteiger partial charge >= 0.3 is 0 Å². The second-order valence-electron chi connectivity index (χ2n) is 8.27. The van der Waals surface area contributed by atoms with Crippen LogP contribution in [-0.2, 0) is 9.59 Å². The molecule has 174 valence electrons. The maximum atomic E-state index is 13.5. The average molecular weight is 483 g/mol. The minimum absolute atomic E-state index is 0.172. The Labute approximate surface area is 205 Å². The quantitative estimate of drug-likeness (QED) is 0.349. The van der Waals surface area contributed by atoms with Crippen LogP contribution in [0.4, 0.5) is 11.4 Å². The Morgan fingerprint density at radius 1 is 0.943 bits per heavy atom. The SMILES string of the molecule is CC(=O)Nc1ccc(NC(=O)C(C)n2cnc3scc(-c4ccc5ccccc5c4)c3c2=O)cc1. The number of aromatic nitrogens is 2. The van der Waals surface area contributed by atoms with Gasteiger partial charge in [0.25, 0.3) is 5.56 Å². The van der Waals surface area contributed by atoms with Crippen molar-refractivity contribution in [1.82, 2.24) is 9.55 Å². The molecule has 2 N–H and O–H groups in total. The van der Waals surface area contributed by atoms with Crippen molar-refractivity contribution >= 4 is 55.5 Å². The summed E-state index contributed by atoms with van der Waals surface area (Å²) in [6, 6.07) is 20.2. The van der Waals surface area contributed by atoms with Gasteiger partial charge < -0.3 is 10.6 Å². The van der Waals surface area contributed by atoms with Gasteiger partial charge in [0, 0.05) is 29.2 Å². The number of anilines is 2. The third-order valence-corrected chi connectivity index (χ3v) is 6.74. The number of carbonyl (C=O) groups excluding carboxylic acids is 2. The van der Waals surface area contributed by atoms with E-state index in [2.05, 4.69) is 21.7 Å². The predicted octanol–water partition coefficient (Wildman–Crippen LogP) is 5.44. The van der Waals surface area contributed by atoms with E-state index in [-0.39, 0.29) is 17.4 Å². The molecule has 2 heterocycles. The standard InChI is InChI=1S/C27H22N4O3S/c1-16(25(33)30-22-11-9-21(10-12-22)29-17(2)32)31-15-28-26-24(27(31)34)23(14-35-26)20-8-7-18-5-3-4-6-19(18)13-20/h3-16H,1-2H3,(H,29,32)(H,30,33). The second kappa shape index (κ2) is 9.15. The number of hydrogen-bond acceptors (Lipinski definition) is 5. The number of amides is 2. The fourth-order valence-electron chi connectivity index (χ4n) is 4.00. The molecule has 0 saturated carbocycles. The number of fused-ring (bicyclic) bond motifs is 2. The predicted molar refractivity (Wildman–Crippen MR) is 141 cm³/mol. The minimum Gasteiger partial charge on any atom is -0.326 e. The highest BCUT2D eigenvalue weighted by Gasteiger charge is 2.20. The largest absolute Gasteiger partial charge is 0.326 e. The zero-order valence-electron chi connectivity index (χ0n) is 19.1. The number of hydrogen-bond donors (Lipinski definition) is 2. The topological polar surface area (TPSA) is 93.1 Å². The van der Waals surface area contributed by atoms with E-state index in [0.717, 1.165) is 21.9 Å². The molecule has 0 aliphatic carbocycles. The van der Waals surface area contributed by atoms with Crippen molar-refractivity contribution < 1.29 is 9.59 Å². The molecule has 0 aliphatic heterocycles. The molecule has 0 fully saturated rings. The lowest BCUT2D eigenvalue weighted by Gasteiger charge is -2.15. The van der Waals surface area contributed by atoms with Crippen LogP contribution in [0.1, 0.15) is 19.9 Å².